The zero-order chi connectivity index (χ0) is 51.3. The molecule has 8 N–H and O–H groups in total. The van der Waals surface area contributed by atoms with Crippen LogP contribution >= 0.6 is 0 Å². The summed E-state index contributed by atoms with van der Waals surface area (Å²) in [7, 11) is 1.36. The molecule has 2 heterocycles. The number of piperidine rings is 1. The molecule has 20 heteroatoms. The number of rotatable bonds is 13. The molecule has 2 aromatic rings. The van der Waals surface area contributed by atoms with Gasteiger partial charge in [-0.05, 0) is 75.1 Å². The lowest BCUT2D eigenvalue weighted by molar-refractivity contribution is -0.165. The molecule has 1 unspecified atom stereocenters. The third kappa shape index (κ3) is 14.6. The van der Waals surface area contributed by atoms with E-state index < -0.39 is 114 Å². The highest BCUT2D eigenvalue weighted by Crippen LogP contribution is 2.25. The van der Waals surface area contributed by atoms with Crippen molar-refractivity contribution in [2.24, 2.45) is 11.8 Å². The summed E-state index contributed by atoms with van der Waals surface area (Å²) in [5.41, 5.74) is 0.751. The van der Waals surface area contributed by atoms with Crippen LogP contribution in [0.1, 0.15) is 92.2 Å². The summed E-state index contributed by atoms with van der Waals surface area (Å²) < 4.78 is 5.85. The maximum absolute atomic E-state index is 15.0. The number of hydrogen-bond donors (Lipinski definition) is 8. The van der Waals surface area contributed by atoms with Crippen molar-refractivity contribution >= 4 is 53.2 Å². The molecule has 2 aliphatic rings. The number of carbonyl (C=O) groups excluding carboxylic acids is 9. The van der Waals surface area contributed by atoms with Crippen LogP contribution in [0.25, 0.3) is 0 Å². The van der Waals surface area contributed by atoms with Crippen molar-refractivity contribution in [2.45, 2.75) is 149 Å². The number of phenols is 1. The molecule has 4 rings (SSSR count). The normalized spacial score (nSPS) is 24.8. The van der Waals surface area contributed by atoms with Crippen molar-refractivity contribution in [3.8, 4) is 5.75 Å². The van der Waals surface area contributed by atoms with E-state index in [1.54, 1.807) is 77.1 Å². The lowest BCUT2D eigenvalue weighted by Gasteiger charge is -2.43. The summed E-state index contributed by atoms with van der Waals surface area (Å²) in [6, 6.07) is 5.03. The second-order valence-corrected chi connectivity index (χ2v) is 18.2. The molecular formula is C49H68N8O12. The number of carbonyl (C=O) groups is 9. The van der Waals surface area contributed by atoms with E-state index in [-0.39, 0.29) is 49.5 Å². The molecule has 2 aromatic carbocycles. The van der Waals surface area contributed by atoms with E-state index in [0.717, 1.165) is 9.80 Å². The van der Waals surface area contributed by atoms with E-state index >= 15 is 0 Å². The van der Waals surface area contributed by atoms with Gasteiger partial charge in [0.15, 0.2) is 0 Å². The number of nitrogens with zero attached hydrogens (tertiary/aromatic N) is 2. The van der Waals surface area contributed by atoms with Gasteiger partial charge in [-0.1, -0.05) is 83.2 Å². The molecule has 69 heavy (non-hydrogen) atoms. The number of cyclic esters (lactones) is 1. The molecule has 2 aliphatic heterocycles. The molecular weight excluding hydrogens is 893 g/mol. The van der Waals surface area contributed by atoms with Crippen molar-refractivity contribution in [1.82, 2.24) is 41.7 Å². The molecule has 2 bridgehead atoms. The van der Waals surface area contributed by atoms with Crippen LogP contribution in [0.5, 0.6) is 5.75 Å². The Balaban J connectivity index is 1.82. The highest BCUT2D eigenvalue weighted by atomic mass is 16.5. The number of amides is 8. The van der Waals surface area contributed by atoms with E-state index in [9.17, 15) is 53.4 Å². The monoisotopic (exact) mass is 960 g/mol. The summed E-state index contributed by atoms with van der Waals surface area (Å²) in [6.07, 6.45) is -1.44. The first-order valence-electron chi connectivity index (χ1n) is 23.4. The lowest BCUT2D eigenvalue weighted by atomic mass is 9.95. The topological polar surface area (TPSA) is 282 Å². The molecule has 2 fully saturated rings. The molecule has 0 saturated carbocycles. The van der Waals surface area contributed by atoms with Gasteiger partial charge >= 0.3 is 5.97 Å². The van der Waals surface area contributed by atoms with Gasteiger partial charge in [0.05, 0.1) is 0 Å². The van der Waals surface area contributed by atoms with Crippen LogP contribution in [0.2, 0.25) is 0 Å². The average Bonchev–Trinajstić information content (AvgIpc) is 3.30. The third-order valence-electron chi connectivity index (χ3n) is 12.1. The fraction of sp³-hybridized carbons (Fsp3) is 0.531. The summed E-state index contributed by atoms with van der Waals surface area (Å²) in [5, 5.41) is 37.1. The number of aliphatic hydroxyl groups is 1. The maximum Gasteiger partial charge on any atom is 0.329 e. The van der Waals surface area contributed by atoms with E-state index in [1.807, 2.05) is 0 Å². The molecule has 0 spiro atoms. The van der Waals surface area contributed by atoms with Crippen LogP contribution in [0.3, 0.4) is 0 Å². The van der Waals surface area contributed by atoms with Gasteiger partial charge in [0, 0.05) is 26.3 Å². The van der Waals surface area contributed by atoms with Crippen molar-refractivity contribution in [2.75, 3.05) is 7.05 Å². The highest BCUT2D eigenvalue weighted by molar-refractivity contribution is 6.03. The van der Waals surface area contributed by atoms with Gasteiger partial charge in [-0.2, -0.15) is 0 Å². The number of ether oxygens (including phenoxy) is 1. The van der Waals surface area contributed by atoms with Gasteiger partial charge in [0.25, 0.3) is 11.8 Å². The second kappa shape index (κ2) is 25.0. The Bertz CT molecular complexity index is 2220. The number of phenolic OH excluding ortho intramolecular Hbond substituents is 1. The number of hydrogen-bond acceptors (Lipinski definition) is 12. The average molecular weight is 961 g/mol. The molecule has 20 nitrogen and oxygen atoms in total. The zero-order valence-corrected chi connectivity index (χ0v) is 40.7. The fourth-order valence-corrected chi connectivity index (χ4v) is 8.03. The number of aromatic hydroxyl groups is 1. The molecule has 8 amide bonds. The van der Waals surface area contributed by atoms with E-state index in [1.165, 1.54) is 46.0 Å². The third-order valence-corrected chi connectivity index (χ3v) is 12.1. The second-order valence-electron chi connectivity index (χ2n) is 18.2. The van der Waals surface area contributed by atoms with Crippen LogP contribution < -0.4 is 31.9 Å². The first-order valence-corrected chi connectivity index (χ1v) is 23.4. The standard InChI is InChI=1S/C49H68N8O12/c1-10-15-37(59)50-28(7)42(61)53-39(26(3)4)45(64)55-41-29(8)69-49(68)40(27(5)6)54-44(63)35(24-31-18-20-32(58)21-19-31)56(9)48(67)36(25-30-16-13-12-14-17-30)57-38(60)23-22-34(47(57)66)52-43(62)33(11-2)51-46(41)65/h11-14,16-21,26-29,34-36,38-41,58,60H,10,15,22-25H2,1-9H3,(H,50,59)(H,51,65)(H,52,62)(H,53,61)(H,54,63)(H,55,64)/b33-11+/t28-,29+,34-,35-,36-,38+,39-,40?,41-/m0/s1. The Kier molecular flexibility index (Phi) is 19.8. The Morgan fingerprint density at radius 1 is 0.826 bits per heavy atom. The summed E-state index contributed by atoms with van der Waals surface area (Å²) >= 11 is 0. The predicted molar refractivity (Wildman–Crippen MR) is 252 cm³/mol. The smallest absolute Gasteiger partial charge is 0.329 e. The van der Waals surface area contributed by atoms with Crippen LogP contribution in [0, 0.1) is 11.8 Å². The minimum atomic E-state index is -1.75. The van der Waals surface area contributed by atoms with Gasteiger partial charge in [-0.15, -0.1) is 0 Å². The highest BCUT2D eigenvalue weighted by Gasteiger charge is 2.45. The molecule has 376 valence electrons. The molecule has 9 atom stereocenters. The largest absolute Gasteiger partial charge is 0.508 e. The maximum atomic E-state index is 15.0. The number of esters is 1. The molecule has 2 saturated heterocycles. The summed E-state index contributed by atoms with van der Waals surface area (Å²) in [5.74, 6) is -8.62. The minimum Gasteiger partial charge on any atom is -0.508 e. The molecule has 0 aliphatic carbocycles. The minimum absolute atomic E-state index is 0.0522. The summed E-state index contributed by atoms with van der Waals surface area (Å²) in [4.78, 5) is 128. The first-order chi connectivity index (χ1) is 32.6. The van der Waals surface area contributed by atoms with Crippen molar-refractivity contribution in [3.05, 3.63) is 77.5 Å². The Hall–Kier alpha value is -6.83. The Morgan fingerprint density at radius 3 is 2.04 bits per heavy atom. The number of fused-ring (bicyclic) bond motifs is 2. The summed E-state index contributed by atoms with van der Waals surface area (Å²) in [6.45, 7) is 12.5. The lowest BCUT2D eigenvalue weighted by Crippen LogP contribution is -2.64. The van der Waals surface area contributed by atoms with Gasteiger partial charge in [-0.3, -0.25) is 38.4 Å². The molecule has 0 radical (unpaired) electrons. The van der Waals surface area contributed by atoms with Crippen LogP contribution in [-0.2, 0) is 60.7 Å². The van der Waals surface area contributed by atoms with E-state index in [2.05, 4.69) is 31.9 Å². The van der Waals surface area contributed by atoms with Gasteiger partial charge < -0.3 is 56.7 Å². The van der Waals surface area contributed by atoms with Crippen molar-refractivity contribution in [3.63, 3.8) is 0 Å². The SMILES string of the molecule is C/C=C1/NC(=O)[C@@H](NC(=O)[C@@H](NC(=O)[C@H](C)NC(=O)CCC)C(C)C)[C@@H](C)OC(=O)C(C(C)C)NC(=O)[C@H](Cc2ccc(O)cc2)N(C)C(=O)[C@H](Cc2ccccc2)N2C(=O)[C@H](CC[C@H]2O)NC1=O. The van der Waals surface area contributed by atoms with E-state index in [4.69, 9.17) is 4.74 Å². The number of benzene rings is 2. The van der Waals surface area contributed by atoms with E-state index in [0.29, 0.717) is 17.5 Å². The Morgan fingerprint density at radius 2 is 1.45 bits per heavy atom. The van der Waals surface area contributed by atoms with Crippen molar-refractivity contribution < 1.29 is 58.1 Å². The van der Waals surface area contributed by atoms with Crippen LogP contribution in [0.4, 0.5) is 0 Å². The fourth-order valence-electron chi connectivity index (χ4n) is 8.03. The molecule has 0 aromatic heterocycles. The number of allylic oxidation sites excluding steroid dienone is 1. The van der Waals surface area contributed by atoms with Gasteiger partial charge in [-0.25, -0.2) is 4.79 Å². The quantitative estimate of drug-likeness (QED) is 0.102. The van der Waals surface area contributed by atoms with Gasteiger partial charge in [0.1, 0.15) is 66.1 Å². The van der Waals surface area contributed by atoms with Gasteiger partial charge in [0.2, 0.25) is 35.4 Å². The number of aliphatic hydroxyl groups excluding tert-OH is 1. The van der Waals surface area contributed by atoms with Crippen LogP contribution in [-0.4, -0.2) is 135 Å². The predicted octanol–water partition coefficient (Wildman–Crippen LogP) is 0.835. The first kappa shape index (κ1) is 54.8. The Labute approximate surface area is 402 Å². The zero-order valence-electron chi connectivity index (χ0n) is 40.7. The number of likely N-dealkylation sites (N-methyl/N-ethyl adjacent to an activating group) is 1. The van der Waals surface area contributed by atoms with Crippen LogP contribution in [0.15, 0.2) is 66.4 Å². The number of nitrogens with one attached hydrogen (secondary N) is 6. The van der Waals surface area contributed by atoms with Crippen molar-refractivity contribution in [1.29, 1.82) is 0 Å².